The van der Waals surface area contributed by atoms with Gasteiger partial charge in [-0.05, 0) is 35.8 Å². The van der Waals surface area contributed by atoms with E-state index < -0.39 is 5.54 Å². The summed E-state index contributed by atoms with van der Waals surface area (Å²) in [6, 6.07) is 1.38. The highest BCUT2D eigenvalue weighted by atomic mass is 79.9. The summed E-state index contributed by atoms with van der Waals surface area (Å²) in [5.41, 5.74) is -0.449. The molecule has 3 nitrogen and oxygen atoms in total. The first kappa shape index (κ1) is 12.4. The average molecular weight is 316 g/mol. The van der Waals surface area contributed by atoms with E-state index in [4.69, 9.17) is 0 Å². The Morgan fingerprint density at radius 1 is 1.41 bits per heavy atom. The van der Waals surface area contributed by atoms with Crippen LogP contribution in [0.2, 0.25) is 0 Å². The zero-order valence-corrected chi connectivity index (χ0v) is 11.8. The molecule has 17 heavy (non-hydrogen) atoms. The third-order valence-electron chi connectivity index (χ3n) is 2.21. The van der Waals surface area contributed by atoms with Crippen molar-refractivity contribution in [1.82, 2.24) is 9.97 Å². The second-order valence-electron chi connectivity index (χ2n) is 4.07. The van der Waals surface area contributed by atoms with Crippen LogP contribution < -0.4 is 5.32 Å². The van der Waals surface area contributed by atoms with Crippen LogP contribution in [-0.4, -0.2) is 9.97 Å². The summed E-state index contributed by atoms with van der Waals surface area (Å²) >= 11 is 4.70. The minimum atomic E-state index is -0.449. The van der Waals surface area contributed by atoms with E-state index >= 15 is 0 Å². The lowest BCUT2D eigenvalue weighted by atomic mass is 10.1. The van der Waals surface area contributed by atoms with Gasteiger partial charge in [0.15, 0.2) is 11.6 Å². The van der Waals surface area contributed by atoms with E-state index in [2.05, 4.69) is 31.2 Å². The van der Waals surface area contributed by atoms with Crippen LogP contribution in [0, 0.1) is 5.82 Å². The molecule has 0 saturated carbocycles. The predicted octanol–water partition coefficient (Wildman–Crippen LogP) is 3.79. The van der Waals surface area contributed by atoms with Crippen LogP contribution >= 0.6 is 27.3 Å². The minimum Gasteiger partial charge on any atom is -0.356 e. The second kappa shape index (κ2) is 4.70. The zero-order valence-electron chi connectivity index (χ0n) is 9.37. The molecule has 0 aromatic carbocycles. The Kier molecular flexibility index (Phi) is 3.44. The van der Waals surface area contributed by atoms with Crippen molar-refractivity contribution in [3.63, 3.8) is 0 Å². The smallest absolute Gasteiger partial charge is 0.166 e. The van der Waals surface area contributed by atoms with Gasteiger partial charge in [0.1, 0.15) is 5.01 Å². The summed E-state index contributed by atoms with van der Waals surface area (Å²) in [4.78, 5) is 8.24. The molecule has 0 fully saturated rings. The zero-order chi connectivity index (χ0) is 12.5. The van der Waals surface area contributed by atoms with Gasteiger partial charge in [-0.1, -0.05) is 0 Å². The van der Waals surface area contributed by atoms with E-state index in [1.54, 1.807) is 12.4 Å². The van der Waals surface area contributed by atoms with Crippen LogP contribution in [0.1, 0.15) is 18.9 Å². The third-order valence-corrected chi connectivity index (χ3v) is 3.74. The Hall–Kier alpha value is -1.01. The average Bonchev–Trinajstić information content (AvgIpc) is 2.76. The summed E-state index contributed by atoms with van der Waals surface area (Å²) < 4.78 is 14.3. The molecule has 90 valence electrons. The van der Waals surface area contributed by atoms with Crippen molar-refractivity contribution in [3.8, 4) is 0 Å². The number of hydrogen-bond acceptors (Lipinski definition) is 4. The Balaban J connectivity index is 2.26. The van der Waals surface area contributed by atoms with Gasteiger partial charge >= 0.3 is 0 Å². The molecule has 0 spiro atoms. The van der Waals surface area contributed by atoms with E-state index in [1.165, 1.54) is 17.4 Å². The van der Waals surface area contributed by atoms with Gasteiger partial charge in [-0.15, -0.1) is 11.3 Å². The number of anilines is 1. The summed E-state index contributed by atoms with van der Waals surface area (Å²) in [6.45, 7) is 3.88. The number of aromatic nitrogens is 2. The van der Waals surface area contributed by atoms with E-state index in [0.29, 0.717) is 4.47 Å². The van der Waals surface area contributed by atoms with Crippen molar-refractivity contribution in [2.45, 2.75) is 19.4 Å². The quantitative estimate of drug-likeness (QED) is 0.936. The fraction of sp³-hybridized carbons (Fsp3) is 0.273. The molecule has 0 amide bonds. The van der Waals surface area contributed by atoms with Gasteiger partial charge in [-0.2, -0.15) is 0 Å². The lowest BCUT2D eigenvalue weighted by molar-refractivity contribution is 0.574. The van der Waals surface area contributed by atoms with Crippen LogP contribution in [0.5, 0.6) is 0 Å². The maximum absolute atomic E-state index is 13.7. The number of hydrogen-bond donors (Lipinski definition) is 1. The van der Waals surface area contributed by atoms with Gasteiger partial charge in [0.05, 0.1) is 5.54 Å². The standard InChI is InChI=1S/C11H11BrFN3S/c1-11(2,10-14-3-4-17-10)16-9-8(13)5-7(12)6-15-9/h3-6H,1-2H3,(H,15,16). The van der Waals surface area contributed by atoms with Crippen molar-refractivity contribution < 1.29 is 4.39 Å². The van der Waals surface area contributed by atoms with E-state index in [0.717, 1.165) is 5.01 Å². The first-order chi connectivity index (χ1) is 7.99. The van der Waals surface area contributed by atoms with Crippen molar-refractivity contribution >= 4 is 33.1 Å². The predicted molar refractivity (Wildman–Crippen MR) is 70.7 cm³/mol. The Morgan fingerprint density at radius 3 is 2.76 bits per heavy atom. The number of nitrogens with zero attached hydrogens (tertiary/aromatic N) is 2. The minimum absolute atomic E-state index is 0.230. The Morgan fingerprint density at radius 2 is 2.18 bits per heavy atom. The van der Waals surface area contributed by atoms with Crippen LogP contribution in [-0.2, 0) is 5.54 Å². The maximum Gasteiger partial charge on any atom is 0.166 e. The molecule has 0 bridgehead atoms. The first-order valence-electron chi connectivity index (χ1n) is 4.98. The van der Waals surface area contributed by atoms with Crippen LogP contribution in [0.25, 0.3) is 0 Å². The van der Waals surface area contributed by atoms with E-state index in [-0.39, 0.29) is 11.6 Å². The van der Waals surface area contributed by atoms with E-state index in [1.807, 2.05) is 19.2 Å². The van der Waals surface area contributed by atoms with Crippen LogP contribution in [0.4, 0.5) is 10.2 Å². The molecule has 0 aliphatic rings. The van der Waals surface area contributed by atoms with E-state index in [9.17, 15) is 4.39 Å². The fourth-order valence-electron chi connectivity index (χ4n) is 1.39. The second-order valence-corrected chi connectivity index (χ2v) is 5.88. The number of rotatable bonds is 3. The van der Waals surface area contributed by atoms with Crippen LogP contribution in [0.3, 0.4) is 0 Å². The fourth-order valence-corrected chi connectivity index (χ4v) is 2.41. The molecule has 2 heterocycles. The third kappa shape index (κ3) is 2.81. The summed E-state index contributed by atoms with van der Waals surface area (Å²) in [5, 5.41) is 5.84. The van der Waals surface area contributed by atoms with Gasteiger partial charge in [0, 0.05) is 22.2 Å². The number of pyridine rings is 1. The molecule has 2 rings (SSSR count). The lowest BCUT2D eigenvalue weighted by Gasteiger charge is -2.24. The normalized spacial score (nSPS) is 11.5. The SMILES string of the molecule is CC(C)(Nc1ncc(Br)cc1F)c1nccs1. The molecule has 0 aliphatic heterocycles. The highest BCUT2D eigenvalue weighted by Crippen LogP contribution is 2.27. The highest BCUT2D eigenvalue weighted by Gasteiger charge is 2.24. The summed E-state index contributed by atoms with van der Waals surface area (Å²) in [5.74, 6) is -0.155. The van der Waals surface area contributed by atoms with Crippen molar-refractivity contribution in [2.24, 2.45) is 0 Å². The van der Waals surface area contributed by atoms with Gasteiger partial charge in [0.2, 0.25) is 0 Å². The first-order valence-corrected chi connectivity index (χ1v) is 6.65. The number of nitrogens with one attached hydrogen (secondary N) is 1. The van der Waals surface area contributed by atoms with Gasteiger partial charge in [0.25, 0.3) is 0 Å². The molecule has 2 aromatic rings. The Bertz CT molecular complexity index is 513. The molecule has 6 heteroatoms. The summed E-state index contributed by atoms with van der Waals surface area (Å²) in [7, 11) is 0. The molecule has 0 saturated heterocycles. The number of thiazole rings is 1. The molecule has 0 radical (unpaired) electrons. The largest absolute Gasteiger partial charge is 0.356 e. The van der Waals surface area contributed by atoms with Crippen molar-refractivity contribution in [3.05, 3.63) is 39.1 Å². The van der Waals surface area contributed by atoms with Gasteiger partial charge < -0.3 is 5.32 Å². The van der Waals surface area contributed by atoms with Gasteiger partial charge in [-0.3, -0.25) is 0 Å². The molecule has 0 aliphatic carbocycles. The van der Waals surface area contributed by atoms with Crippen molar-refractivity contribution in [1.29, 1.82) is 0 Å². The molecule has 1 N–H and O–H groups in total. The topological polar surface area (TPSA) is 37.8 Å². The molecule has 0 unspecified atom stereocenters. The Labute approximate surface area is 111 Å². The lowest BCUT2D eigenvalue weighted by Crippen LogP contribution is -2.28. The highest BCUT2D eigenvalue weighted by molar-refractivity contribution is 9.10. The van der Waals surface area contributed by atoms with Crippen molar-refractivity contribution in [2.75, 3.05) is 5.32 Å². The van der Waals surface area contributed by atoms with Gasteiger partial charge in [-0.25, -0.2) is 14.4 Å². The van der Waals surface area contributed by atoms with Crippen LogP contribution in [0.15, 0.2) is 28.3 Å². The molecular formula is C11H11BrFN3S. The molecular weight excluding hydrogens is 305 g/mol. The molecule has 2 aromatic heterocycles. The maximum atomic E-state index is 13.7. The summed E-state index contributed by atoms with van der Waals surface area (Å²) in [6.07, 6.45) is 3.29. The monoisotopic (exact) mass is 315 g/mol. The molecule has 0 atom stereocenters. The number of halogens is 2.